The second-order valence-electron chi connectivity index (χ2n) is 8.57. The number of ether oxygens (including phenoxy) is 1. The van der Waals surface area contributed by atoms with Gasteiger partial charge in [0.15, 0.2) is 0 Å². The minimum Gasteiger partial charge on any atom is -0.385 e. The lowest BCUT2D eigenvalue weighted by molar-refractivity contribution is -0.192. The average molecular weight is 446 g/mol. The number of urea groups is 1. The molecule has 9 nitrogen and oxygen atoms in total. The summed E-state index contributed by atoms with van der Waals surface area (Å²) in [6.45, 7) is 8.14. The molecule has 176 valence electrons. The number of methoxy groups -OCH3 is 1. The Hall–Kier alpha value is -2.65. The summed E-state index contributed by atoms with van der Waals surface area (Å²) in [6.07, 6.45) is 0.158. The van der Waals surface area contributed by atoms with Gasteiger partial charge in [0.05, 0.1) is 13.1 Å². The van der Waals surface area contributed by atoms with Gasteiger partial charge in [-0.2, -0.15) is 0 Å². The molecule has 0 radical (unpaired) electrons. The number of likely N-dealkylation sites (N-methyl/N-ethyl adjacent to an activating group) is 1. The number of hydrogen-bond donors (Lipinski definition) is 1. The SMILES string of the molecule is CCN1CC(=O)N2[C@@H](C(C)C)C(=O)N(CCCOC)C[C@@H]2N1C(=O)NCc1ccccc1. The monoisotopic (exact) mass is 445 g/mol. The van der Waals surface area contributed by atoms with Gasteiger partial charge >= 0.3 is 6.03 Å². The molecular formula is C23H35N5O4. The molecule has 2 fully saturated rings. The Morgan fingerprint density at radius 2 is 1.94 bits per heavy atom. The Morgan fingerprint density at radius 3 is 2.56 bits per heavy atom. The smallest absolute Gasteiger partial charge is 0.334 e. The van der Waals surface area contributed by atoms with Gasteiger partial charge in [-0.3, -0.25) is 9.59 Å². The zero-order valence-corrected chi connectivity index (χ0v) is 19.5. The summed E-state index contributed by atoms with van der Waals surface area (Å²) in [4.78, 5) is 43.1. The lowest BCUT2D eigenvalue weighted by Gasteiger charge is -2.55. The first-order valence-electron chi connectivity index (χ1n) is 11.3. The van der Waals surface area contributed by atoms with Crippen LogP contribution >= 0.6 is 0 Å². The fourth-order valence-corrected chi connectivity index (χ4v) is 4.48. The second-order valence-corrected chi connectivity index (χ2v) is 8.57. The van der Waals surface area contributed by atoms with Crippen LogP contribution in [-0.4, -0.2) is 89.8 Å². The maximum absolute atomic E-state index is 13.3. The number of carbonyl (C=O) groups excluding carboxylic acids is 3. The van der Waals surface area contributed by atoms with Crippen molar-refractivity contribution in [3.63, 3.8) is 0 Å². The molecule has 32 heavy (non-hydrogen) atoms. The Balaban J connectivity index is 1.86. The van der Waals surface area contributed by atoms with Crippen LogP contribution < -0.4 is 5.32 Å². The van der Waals surface area contributed by atoms with Crippen molar-refractivity contribution in [3.8, 4) is 0 Å². The molecule has 1 N–H and O–H groups in total. The van der Waals surface area contributed by atoms with Gasteiger partial charge in [-0.05, 0) is 17.9 Å². The van der Waals surface area contributed by atoms with Crippen molar-refractivity contribution in [2.75, 3.05) is 39.9 Å². The minimum absolute atomic E-state index is 0.0599. The standard InChI is InChI=1S/C23H35N5O4/c1-5-26-16-20(29)27-19(28(26)23(31)24-14-18-10-7-6-8-11-18)15-25(12-9-13-32-4)22(30)21(27)17(2)3/h6-8,10-11,17,19,21H,5,9,12-16H2,1-4H3,(H,24,31)/t19-,21-/m0/s1. The highest BCUT2D eigenvalue weighted by atomic mass is 16.5. The Kier molecular flexibility index (Phi) is 8.09. The van der Waals surface area contributed by atoms with E-state index >= 15 is 0 Å². The van der Waals surface area contributed by atoms with Crippen LogP contribution in [0.2, 0.25) is 0 Å². The minimum atomic E-state index is -0.591. The molecular weight excluding hydrogens is 410 g/mol. The fraction of sp³-hybridized carbons (Fsp3) is 0.609. The van der Waals surface area contributed by atoms with Gasteiger partial charge in [-0.1, -0.05) is 51.1 Å². The summed E-state index contributed by atoms with van der Waals surface area (Å²) in [7, 11) is 1.63. The largest absolute Gasteiger partial charge is 0.385 e. The van der Waals surface area contributed by atoms with Crippen molar-refractivity contribution >= 4 is 17.8 Å². The van der Waals surface area contributed by atoms with E-state index in [0.29, 0.717) is 32.7 Å². The van der Waals surface area contributed by atoms with Gasteiger partial charge in [0.1, 0.15) is 12.2 Å². The molecule has 4 amide bonds. The van der Waals surface area contributed by atoms with Crippen LogP contribution in [0.5, 0.6) is 0 Å². The lowest BCUT2D eigenvalue weighted by atomic mass is 9.96. The van der Waals surface area contributed by atoms with Crippen molar-refractivity contribution < 1.29 is 19.1 Å². The number of nitrogens with one attached hydrogen (secondary N) is 1. The van der Waals surface area contributed by atoms with Gasteiger partial charge < -0.3 is 19.9 Å². The third-order valence-corrected chi connectivity index (χ3v) is 6.03. The predicted octanol–water partition coefficient (Wildman–Crippen LogP) is 1.51. The van der Waals surface area contributed by atoms with E-state index in [1.807, 2.05) is 51.1 Å². The number of rotatable bonds is 8. The third-order valence-electron chi connectivity index (χ3n) is 6.03. The maximum atomic E-state index is 13.3. The Bertz CT molecular complexity index is 803. The van der Waals surface area contributed by atoms with E-state index < -0.39 is 12.2 Å². The molecule has 2 saturated heterocycles. The van der Waals surface area contributed by atoms with Crippen LogP contribution in [0.1, 0.15) is 32.8 Å². The van der Waals surface area contributed by atoms with Crippen molar-refractivity contribution in [3.05, 3.63) is 35.9 Å². The molecule has 1 aromatic rings. The molecule has 0 aromatic heterocycles. The van der Waals surface area contributed by atoms with Crippen LogP contribution in [0.3, 0.4) is 0 Å². The Morgan fingerprint density at radius 1 is 1.22 bits per heavy atom. The van der Waals surface area contributed by atoms with E-state index in [1.165, 1.54) is 0 Å². The predicted molar refractivity (Wildman–Crippen MR) is 120 cm³/mol. The van der Waals surface area contributed by atoms with Gasteiger partial charge in [-0.15, -0.1) is 0 Å². The molecule has 2 atom stereocenters. The van der Waals surface area contributed by atoms with Crippen molar-refractivity contribution in [1.82, 2.24) is 25.1 Å². The summed E-state index contributed by atoms with van der Waals surface area (Å²) in [5.41, 5.74) is 0.994. The highest BCUT2D eigenvalue weighted by Crippen LogP contribution is 2.29. The number of hydrogen-bond acceptors (Lipinski definition) is 5. The zero-order chi connectivity index (χ0) is 23.3. The van der Waals surface area contributed by atoms with Crippen molar-refractivity contribution in [1.29, 1.82) is 0 Å². The second kappa shape index (κ2) is 10.8. The summed E-state index contributed by atoms with van der Waals surface area (Å²) >= 11 is 0. The molecule has 2 aliphatic heterocycles. The molecule has 0 saturated carbocycles. The summed E-state index contributed by atoms with van der Waals surface area (Å²) in [5.74, 6) is -0.246. The summed E-state index contributed by atoms with van der Waals surface area (Å²) in [6, 6.07) is 8.84. The topological polar surface area (TPSA) is 85.4 Å². The molecule has 1 aromatic carbocycles. The number of hydrazine groups is 1. The van der Waals surface area contributed by atoms with Crippen LogP contribution in [0.15, 0.2) is 30.3 Å². The number of amides is 4. The van der Waals surface area contributed by atoms with E-state index in [4.69, 9.17) is 4.74 Å². The van der Waals surface area contributed by atoms with Gasteiger partial charge in [-0.25, -0.2) is 14.8 Å². The van der Waals surface area contributed by atoms with Crippen LogP contribution in [0.25, 0.3) is 0 Å². The van der Waals surface area contributed by atoms with E-state index in [9.17, 15) is 14.4 Å². The number of fused-ring (bicyclic) bond motifs is 1. The normalized spacial score (nSPS) is 21.8. The molecule has 2 heterocycles. The summed E-state index contributed by atoms with van der Waals surface area (Å²) < 4.78 is 5.15. The maximum Gasteiger partial charge on any atom is 0.334 e. The van der Waals surface area contributed by atoms with Crippen molar-refractivity contribution in [2.45, 2.75) is 45.9 Å². The molecule has 9 heteroatoms. The van der Waals surface area contributed by atoms with E-state index in [-0.39, 0.29) is 36.9 Å². The van der Waals surface area contributed by atoms with Gasteiger partial charge in [0.25, 0.3) is 0 Å². The van der Waals surface area contributed by atoms with E-state index in [1.54, 1.807) is 26.9 Å². The third kappa shape index (κ3) is 5.05. The quantitative estimate of drug-likeness (QED) is 0.613. The Labute approximate surface area is 190 Å². The number of piperazine rings is 1. The first kappa shape index (κ1) is 24.0. The first-order chi connectivity index (χ1) is 15.4. The van der Waals surface area contributed by atoms with Gasteiger partial charge in [0.2, 0.25) is 11.8 Å². The fourth-order valence-electron chi connectivity index (χ4n) is 4.48. The van der Waals surface area contributed by atoms with E-state index in [2.05, 4.69) is 5.32 Å². The van der Waals surface area contributed by atoms with Crippen molar-refractivity contribution in [2.24, 2.45) is 5.92 Å². The molecule has 0 aliphatic carbocycles. The number of carbonyl (C=O) groups is 3. The zero-order valence-electron chi connectivity index (χ0n) is 19.5. The summed E-state index contributed by atoms with van der Waals surface area (Å²) in [5, 5.41) is 6.39. The molecule has 3 rings (SSSR count). The average Bonchev–Trinajstić information content (AvgIpc) is 2.78. The van der Waals surface area contributed by atoms with Crippen LogP contribution in [0, 0.1) is 5.92 Å². The van der Waals surface area contributed by atoms with Gasteiger partial charge in [0, 0.05) is 33.4 Å². The van der Waals surface area contributed by atoms with Crippen LogP contribution in [-0.2, 0) is 20.9 Å². The molecule has 0 bridgehead atoms. The number of nitrogens with zero attached hydrogens (tertiary/aromatic N) is 4. The lowest BCUT2D eigenvalue weighted by Crippen LogP contribution is -2.77. The molecule has 0 unspecified atom stereocenters. The molecule has 0 spiro atoms. The highest BCUT2D eigenvalue weighted by Gasteiger charge is 2.51. The number of benzene rings is 1. The highest BCUT2D eigenvalue weighted by molar-refractivity contribution is 5.91. The van der Waals surface area contributed by atoms with Crippen LogP contribution in [0.4, 0.5) is 4.79 Å². The molecule has 2 aliphatic rings. The first-order valence-corrected chi connectivity index (χ1v) is 11.3. The van der Waals surface area contributed by atoms with E-state index in [0.717, 1.165) is 5.56 Å².